The second kappa shape index (κ2) is 7.08. The molecule has 4 N–H and O–H groups in total. The molecule has 6 heteroatoms. The first-order valence-electron chi connectivity index (χ1n) is 7.10. The van der Waals surface area contributed by atoms with Crippen molar-refractivity contribution in [3.8, 4) is 5.75 Å². The number of carbonyl (C=O) groups is 2. The summed E-state index contributed by atoms with van der Waals surface area (Å²) in [4.78, 5) is 22.9. The van der Waals surface area contributed by atoms with Crippen LogP contribution in [0.3, 0.4) is 0 Å². The fraction of sp³-hybridized carbons (Fsp3) is 0.467. The minimum atomic E-state index is -0.537. The van der Waals surface area contributed by atoms with E-state index < -0.39 is 5.91 Å². The molecule has 1 saturated heterocycles. The lowest BCUT2D eigenvalue weighted by atomic mass is 9.94. The number of nitrogens with one attached hydrogen (secondary N) is 2. The number of nitrogens with two attached hydrogens (primary N) is 1. The van der Waals surface area contributed by atoms with E-state index in [0.717, 1.165) is 19.4 Å². The third kappa shape index (κ3) is 4.75. The molecule has 1 aliphatic rings. The molecule has 0 spiro atoms. The number of primary amides is 1. The van der Waals surface area contributed by atoms with Crippen LogP contribution in [0.4, 0.5) is 5.69 Å². The van der Waals surface area contributed by atoms with Crippen LogP contribution in [0.25, 0.3) is 0 Å². The molecular formula is C15H21N3O3. The van der Waals surface area contributed by atoms with Crippen molar-refractivity contribution in [1.29, 1.82) is 0 Å². The van der Waals surface area contributed by atoms with Crippen molar-refractivity contribution in [3.63, 3.8) is 0 Å². The van der Waals surface area contributed by atoms with Crippen LogP contribution in [0.15, 0.2) is 24.3 Å². The van der Waals surface area contributed by atoms with Crippen LogP contribution in [0.5, 0.6) is 5.75 Å². The van der Waals surface area contributed by atoms with E-state index in [1.165, 1.54) is 0 Å². The summed E-state index contributed by atoms with van der Waals surface area (Å²) in [7, 11) is 0. The number of anilines is 1. The summed E-state index contributed by atoms with van der Waals surface area (Å²) in [6.07, 6.45) is 1.93. The molecule has 2 unspecified atom stereocenters. The van der Waals surface area contributed by atoms with Crippen LogP contribution in [0, 0.1) is 5.92 Å². The molecule has 2 atom stereocenters. The molecule has 0 saturated carbocycles. The first kappa shape index (κ1) is 15.3. The average Bonchev–Trinajstić information content (AvgIpc) is 2.45. The van der Waals surface area contributed by atoms with Gasteiger partial charge in [0.2, 0.25) is 5.91 Å². The van der Waals surface area contributed by atoms with Gasteiger partial charge in [-0.3, -0.25) is 9.59 Å². The molecule has 0 aliphatic carbocycles. The van der Waals surface area contributed by atoms with Gasteiger partial charge >= 0.3 is 0 Å². The van der Waals surface area contributed by atoms with Crippen LogP contribution >= 0.6 is 0 Å². The molecule has 2 rings (SSSR count). The fourth-order valence-corrected chi connectivity index (χ4v) is 2.35. The van der Waals surface area contributed by atoms with Gasteiger partial charge < -0.3 is 21.1 Å². The van der Waals surface area contributed by atoms with Gasteiger partial charge in [-0.2, -0.15) is 0 Å². The molecule has 114 valence electrons. The lowest BCUT2D eigenvalue weighted by molar-refractivity contribution is -0.120. The minimum absolute atomic E-state index is 0.0476. The van der Waals surface area contributed by atoms with E-state index in [4.69, 9.17) is 10.5 Å². The average molecular weight is 291 g/mol. The second-order valence-electron chi connectivity index (χ2n) is 5.41. The van der Waals surface area contributed by atoms with Crippen LogP contribution in [0.2, 0.25) is 0 Å². The summed E-state index contributed by atoms with van der Waals surface area (Å²) in [6.45, 7) is 2.83. The number of piperidine rings is 1. The number of carbonyl (C=O) groups excluding carboxylic acids is 2. The highest BCUT2D eigenvalue weighted by molar-refractivity contribution is 5.95. The Labute approximate surface area is 124 Å². The Kier molecular flexibility index (Phi) is 5.16. The lowest BCUT2D eigenvalue weighted by Crippen LogP contribution is -2.45. The summed E-state index contributed by atoms with van der Waals surface area (Å²) >= 11 is 0. The molecule has 1 aliphatic heterocycles. The minimum Gasteiger partial charge on any atom is -0.484 e. The monoisotopic (exact) mass is 291 g/mol. The normalized spacial score (nSPS) is 21.6. The Bertz CT molecular complexity index is 519. The first-order chi connectivity index (χ1) is 10.0. The van der Waals surface area contributed by atoms with E-state index in [2.05, 4.69) is 17.6 Å². The van der Waals surface area contributed by atoms with Crippen LogP contribution in [0.1, 0.15) is 19.8 Å². The first-order valence-corrected chi connectivity index (χ1v) is 7.10. The molecule has 2 amide bonds. The predicted octanol–water partition coefficient (Wildman–Crippen LogP) is 0.877. The van der Waals surface area contributed by atoms with Crippen LogP contribution in [-0.2, 0) is 9.59 Å². The van der Waals surface area contributed by atoms with Gasteiger partial charge in [-0.25, -0.2) is 0 Å². The molecule has 0 aromatic heterocycles. The van der Waals surface area contributed by atoms with Gasteiger partial charge in [0, 0.05) is 11.8 Å². The Hall–Kier alpha value is -2.08. The quantitative estimate of drug-likeness (QED) is 0.750. The van der Waals surface area contributed by atoms with Gasteiger partial charge in [0.25, 0.3) is 5.91 Å². The molecule has 0 bridgehead atoms. The number of benzene rings is 1. The van der Waals surface area contributed by atoms with Crippen LogP contribution < -0.4 is 21.1 Å². The third-order valence-corrected chi connectivity index (χ3v) is 3.47. The van der Waals surface area contributed by atoms with Gasteiger partial charge in [-0.1, -0.05) is 13.0 Å². The summed E-state index contributed by atoms with van der Waals surface area (Å²) in [6, 6.07) is 6.75. The molecule has 1 heterocycles. The van der Waals surface area contributed by atoms with E-state index in [-0.39, 0.29) is 18.6 Å². The third-order valence-electron chi connectivity index (χ3n) is 3.47. The summed E-state index contributed by atoms with van der Waals surface area (Å²) in [5, 5.41) is 6.08. The zero-order valence-electron chi connectivity index (χ0n) is 12.1. The standard InChI is InChI=1S/C15H21N3O3/c1-10-5-6-17-13(7-10)15(20)18-11-3-2-4-12(8-11)21-9-14(16)19/h2-4,8,10,13,17H,5-7,9H2,1H3,(H2,16,19)(H,18,20). The number of hydrogen-bond acceptors (Lipinski definition) is 4. The topological polar surface area (TPSA) is 93.4 Å². The Morgan fingerprint density at radius 1 is 1.48 bits per heavy atom. The molecule has 1 aromatic rings. The lowest BCUT2D eigenvalue weighted by Gasteiger charge is -2.27. The van der Waals surface area contributed by atoms with Crippen LogP contribution in [-0.4, -0.2) is 31.0 Å². The zero-order valence-corrected chi connectivity index (χ0v) is 12.1. The second-order valence-corrected chi connectivity index (χ2v) is 5.41. The Balaban J connectivity index is 1.94. The predicted molar refractivity (Wildman–Crippen MR) is 79.9 cm³/mol. The number of amides is 2. The van der Waals surface area contributed by atoms with Crippen molar-refractivity contribution in [2.24, 2.45) is 11.7 Å². The molecule has 6 nitrogen and oxygen atoms in total. The number of rotatable bonds is 5. The Morgan fingerprint density at radius 2 is 2.29 bits per heavy atom. The highest BCUT2D eigenvalue weighted by atomic mass is 16.5. The maximum Gasteiger partial charge on any atom is 0.255 e. The van der Waals surface area contributed by atoms with E-state index in [0.29, 0.717) is 17.4 Å². The maximum atomic E-state index is 12.2. The van der Waals surface area contributed by atoms with Crippen molar-refractivity contribution < 1.29 is 14.3 Å². The van der Waals surface area contributed by atoms with Crippen molar-refractivity contribution in [1.82, 2.24) is 5.32 Å². The number of ether oxygens (including phenoxy) is 1. The van der Waals surface area contributed by atoms with E-state index >= 15 is 0 Å². The van der Waals surface area contributed by atoms with Crippen molar-refractivity contribution >= 4 is 17.5 Å². The highest BCUT2D eigenvalue weighted by Gasteiger charge is 2.24. The van der Waals surface area contributed by atoms with E-state index in [1.54, 1.807) is 24.3 Å². The smallest absolute Gasteiger partial charge is 0.255 e. The van der Waals surface area contributed by atoms with Crippen molar-refractivity contribution in [2.75, 3.05) is 18.5 Å². The maximum absolute atomic E-state index is 12.2. The van der Waals surface area contributed by atoms with Crippen molar-refractivity contribution in [2.45, 2.75) is 25.8 Å². The fourth-order valence-electron chi connectivity index (χ4n) is 2.35. The SMILES string of the molecule is CC1CCNC(C(=O)Nc2cccc(OCC(N)=O)c2)C1. The largest absolute Gasteiger partial charge is 0.484 e. The van der Waals surface area contributed by atoms with Gasteiger partial charge in [-0.05, 0) is 37.4 Å². The van der Waals surface area contributed by atoms with Crippen molar-refractivity contribution in [3.05, 3.63) is 24.3 Å². The molecule has 0 radical (unpaired) electrons. The summed E-state index contributed by atoms with van der Waals surface area (Å²) in [5.74, 6) is 0.460. The van der Waals surface area contributed by atoms with E-state index in [9.17, 15) is 9.59 Å². The highest BCUT2D eigenvalue weighted by Crippen LogP contribution is 2.19. The molecule has 21 heavy (non-hydrogen) atoms. The Morgan fingerprint density at radius 3 is 3.00 bits per heavy atom. The van der Waals surface area contributed by atoms with Gasteiger partial charge in [0.1, 0.15) is 5.75 Å². The summed E-state index contributed by atoms with van der Waals surface area (Å²) < 4.78 is 5.21. The zero-order chi connectivity index (χ0) is 15.2. The number of hydrogen-bond donors (Lipinski definition) is 3. The van der Waals surface area contributed by atoms with Gasteiger partial charge in [0.15, 0.2) is 6.61 Å². The van der Waals surface area contributed by atoms with Gasteiger partial charge in [0.05, 0.1) is 6.04 Å². The van der Waals surface area contributed by atoms with E-state index in [1.807, 2.05) is 0 Å². The van der Waals surface area contributed by atoms with Gasteiger partial charge in [-0.15, -0.1) is 0 Å². The molecule has 1 aromatic carbocycles. The molecule has 1 fully saturated rings. The molecular weight excluding hydrogens is 270 g/mol. The summed E-state index contributed by atoms with van der Waals surface area (Å²) in [5.41, 5.74) is 5.67.